The SMILES string of the molecule is COc1ccccc1C(O)[SH]1C(C2CC2)=Nc2cncn21. The van der Waals surface area contributed by atoms with Gasteiger partial charge in [0.2, 0.25) is 0 Å². The molecule has 5 nitrogen and oxygen atoms in total. The van der Waals surface area contributed by atoms with Gasteiger partial charge >= 0.3 is 0 Å². The number of aliphatic imine (C=N–C) groups is 1. The van der Waals surface area contributed by atoms with Gasteiger partial charge in [0.25, 0.3) is 0 Å². The maximum absolute atomic E-state index is 11.0. The predicted molar refractivity (Wildman–Crippen MR) is 84.4 cm³/mol. The van der Waals surface area contributed by atoms with Crippen LogP contribution in [-0.2, 0) is 0 Å². The van der Waals surface area contributed by atoms with Gasteiger partial charge in [0.1, 0.15) is 17.5 Å². The van der Waals surface area contributed by atoms with E-state index in [0.717, 1.165) is 22.2 Å². The van der Waals surface area contributed by atoms with Gasteiger partial charge in [0, 0.05) is 11.5 Å². The van der Waals surface area contributed by atoms with E-state index < -0.39 is 16.5 Å². The van der Waals surface area contributed by atoms with E-state index in [0.29, 0.717) is 5.92 Å². The van der Waals surface area contributed by atoms with Crippen LogP contribution in [0.4, 0.5) is 5.82 Å². The van der Waals surface area contributed by atoms with E-state index in [1.165, 1.54) is 12.8 Å². The van der Waals surface area contributed by atoms with Gasteiger partial charge in [-0.3, -0.25) is 3.97 Å². The van der Waals surface area contributed by atoms with Crippen LogP contribution in [-0.4, -0.2) is 26.2 Å². The molecule has 4 rings (SSSR count). The zero-order valence-electron chi connectivity index (χ0n) is 11.7. The second-order valence-corrected chi connectivity index (χ2v) is 7.37. The van der Waals surface area contributed by atoms with Gasteiger partial charge in [-0.15, -0.1) is 0 Å². The Bertz CT molecular complexity index is 708. The van der Waals surface area contributed by atoms with Gasteiger partial charge in [0.15, 0.2) is 5.82 Å². The summed E-state index contributed by atoms with van der Waals surface area (Å²) >= 11 is -0.944. The second kappa shape index (κ2) is 4.89. The number of ether oxygens (including phenoxy) is 1. The number of methoxy groups -OCH3 is 1. The van der Waals surface area contributed by atoms with Gasteiger partial charge in [0.05, 0.1) is 18.4 Å². The van der Waals surface area contributed by atoms with Crippen molar-refractivity contribution in [3.05, 3.63) is 42.4 Å². The third-order valence-electron chi connectivity index (χ3n) is 3.89. The third-order valence-corrected chi connectivity index (χ3v) is 6.34. The number of para-hydroxylation sites is 1. The van der Waals surface area contributed by atoms with Crippen LogP contribution in [0.1, 0.15) is 23.8 Å². The van der Waals surface area contributed by atoms with Crippen LogP contribution < -0.4 is 4.74 Å². The molecule has 0 amide bonds. The summed E-state index contributed by atoms with van der Waals surface area (Å²) < 4.78 is 7.42. The van der Waals surface area contributed by atoms with Crippen LogP contribution in [0.2, 0.25) is 0 Å². The van der Waals surface area contributed by atoms with Crippen LogP contribution in [0.15, 0.2) is 41.8 Å². The predicted octanol–water partition coefficient (Wildman–Crippen LogP) is 2.80. The number of nitrogens with zero attached hydrogens (tertiary/aromatic N) is 3. The van der Waals surface area contributed by atoms with Crippen molar-refractivity contribution in [2.45, 2.75) is 18.3 Å². The molecule has 2 heterocycles. The van der Waals surface area contributed by atoms with Crippen molar-refractivity contribution in [1.29, 1.82) is 0 Å². The lowest BCUT2D eigenvalue weighted by molar-refractivity contribution is 0.261. The summed E-state index contributed by atoms with van der Waals surface area (Å²) in [6, 6.07) is 7.64. The number of aliphatic hydroxyl groups is 1. The van der Waals surface area contributed by atoms with E-state index in [4.69, 9.17) is 9.73 Å². The maximum Gasteiger partial charge on any atom is 0.162 e. The molecule has 0 saturated heterocycles. The van der Waals surface area contributed by atoms with Crippen molar-refractivity contribution in [3.8, 4) is 5.75 Å². The van der Waals surface area contributed by atoms with Crippen LogP contribution in [0, 0.1) is 5.92 Å². The van der Waals surface area contributed by atoms with Crippen molar-refractivity contribution in [2.75, 3.05) is 7.11 Å². The Hall–Kier alpha value is -1.79. The van der Waals surface area contributed by atoms with Gasteiger partial charge < -0.3 is 9.84 Å². The second-order valence-electron chi connectivity index (χ2n) is 5.30. The summed E-state index contributed by atoms with van der Waals surface area (Å²) in [4.78, 5) is 8.86. The number of aromatic nitrogens is 2. The van der Waals surface area contributed by atoms with Crippen molar-refractivity contribution in [2.24, 2.45) is 10.9 Å². The van der Waals surface area contributed by atoms with Gasteiger partial charge in [-0.25, -0.2) is 9.98 Å². The minimum Gasteiger partial charge on any atom is -0.496 e. The first-order valence-electron chi connectivity index (χ1n) is 7.01. The Kier molecular flexibility index (Phi) is 3.01. The Morgan fingerprint density at radius 1 is 1.38 bits per heavy atom. The third kappa shape index (κ3) is 2.06. The van der Waals surface area contributed by atoms with E-state index in [1.807, 2.05) is 28.2 Å². The molecule has 110 valence electrons. The van der Waals surface area contributed by atoms with Crippen LogP contribution in [0.5, 0.6) is 5.75 Å². The molecule has 2 unspecified atom stereocenters. The van der Waals surface area contributed by atoms with Crippen LogP contribution in [0.25, 0.3) is 0 Å². The highest BCUT2D eigenvalue weighted by atomic mass is 32.2. The Morgan fingerprint density at radius 2 is 2.19 bits per heavy atom. The largest absolute Gasteiger partial charge is 0.496 e. The molecule has 1 N–H and O–H groups in total. The van der Waals surface area contributed by atoms with E-state index in [1.54, 1.807) is 19.6 Å². The topological polar surface area (TPSA) is 59.6 Å². The summed E-state index contributed by atoms with van der Waals surface area (Å²) in [7, 11) is 1.63. The molecule has 2 aliphatic rings. The fourth-order valence-corrected chi connectivity index (χ4v) is 5.19. The average Bonchev–Trinajstić information content (AvgIpc) is 3.15. The average molecular weight is 303 g/mol. The Morgan fingerprint density at radius 3 is 2.95 bits per heavy atom. The van der Waals surface area contributed by atoms with Gasteiger partial charge in [-0.1, -0.05) is 29.3 Å². The molecule has 1 aromatic heterocycles. The molecule has 0 radical (unpaired) electrons. The smallest absolute Gasteiger partial charge is 0.162 e. The van der Waals surface area contributed by atoms with E-state index in [-0.39, 0.29) is 0 Å². The number of rotatable bonds is 4. The molecule has 1 aliphatic heterocycles. The molecule has 1 fully saturated rings. The molecule has 1 saturated carbocycles. The lowest BCUT2D eigenvalue weighted by Gasteiger charge is -2.27. The first kappa shape index (κ1) is 12.9. The normalized spacial score (nSPS) is 23.5. The Balaban J connectivity index is 1.76. The molecule has 2 aromatic rings. The highest BCUT2D eigenvalue weighted by molar-refractivity contribution is 8.29. The molecule has 0 bridgehead atoms. The monoisotopic (exact) mass is 303 g/mol. The Labute approximate surface area is 125 Å². The number of imidazole rings is 1. The van der Waals surface area contributed by atoms with Crippen molar-refractivity contribution in [1.82, 2.24) is 8.96 Å². The standard InChI is InChI=1S/C15H17N3O2S/c1-20-12-5-3-2-4-11(12)15(19)21-14(10-6-7-10)17-13-8-16-9-18(13)21/h2-5,8-10,15,19,21H,6-7H2,1H3. The lowest BCUT2D eigenvalue weighted by Crippen LogP contribution is -2.12. The highest BCUT2D eigenvalue weighted by Crippen LogP contribution is 2.56. The molecular weight excluding hydrogens is 286 g/mol. The van der Waals surface area contributed by atoms with Crippen LogP contribution >= 0.6 is 11.1 Å². The highest BCUT2D eigenvalue weighted by Gasteiger charge is 2.39. The van der Waals surface area contributed by atoms with E-state index in [2.05, 4.69) is 4.98 Å². The molecule has 21 heavy (non-hydrogen) atoms. The minimum atomic E-state index is -0.944. The summed E-state index contributed by atoms with van der Waals surface area (Å²) in [5.41, 5.74) is 0.201. The zero-order chi connectivity index (χ0) is 14.4. The quantitative estimate of drug-likeness (QED) is 0.854. The number of fused-ring (bicyclic) bond motifs is 1. The summed E-state index contributed by atoms with van der Waals surface area (Å²) in [5.74, 6) is 2.11. The molecular formula is C15H17N3O2S. The molecule has 1 aromatic carbocycles. The fraction of sp³-hybridized carbons (Fsp3) is 0.333. The molecule has 2 atom stereocenters. The minimum absolute atomic E-state index is 0.528. The fourth-order valence-electron chi connectivity index (χ4n) is 2.68. The van der Waals surface area contributed by atoms with Crippen molar-refractivity contribution >= 4 is 21.9 Å². The van der Waals surface area contributed by atoms with Crippen molar-refractivity contribution in [3.63, 3.8) is 0 Å². The number of benzene rings is 1. The zero-order valence-corrected chi connectivity index (χ0v) is 12.6. The molecule has 6 heteroatoms. The first-order valence-corrected chi connectivity index (χ1v) is 8.37. The van der Waals surface area contributed by atoms with Crippen LogP contribution in [0.3, 0.4) is 0 Å². The van der Waals surface area contributed by atoms with Crippen molar-refractivity contribution < 1.29 is 9.84 Å². The number of hydrogen-bond donors (Lipinski definition) is 2. The number of aliphatic hydroxyl groups excluding tert-OH is 1. The summed E-state index contributed by atoms with van der Waals surface area (Å²) in [6.45, 7) is 0. The maximum atomic E-state index is 11.0. The molecule has 1 aliphatic carbocycles. The summed E-state index contributed by atoms with van der Waals surface area (Å²) in [5, 5.41) is 12.1. The van der Waals surface area contributed by atoms with E-state index >= 15 is 0 Å². The van der Waals surface area contributed by atoms with Gasteiger partial charge in [-0.2, -0.15) is 0 Å². The lowest BCUT2D eigenvalue weighted by atomic mass is 10.2. The summed E-state index contributed by atoms with van der Waals surface area (Å²) in [6.07, 6.45) is 5.89. The number of thiol groups is 1. The number of hydrogen-bond acceptors (Lipinski definition) is 4. The van der Waals surface area contributed by atoms with E-state index in [9.17, 15) is 5.11 Å². The molecule has 0 spiro atoms. The first-order chi connectivity index (χ1) is 10.3. The van der Waals surface area contributed by atoms with Gasteiger partial charge in [-0.05, 0) is 18.9 Å².